The normalized spacial score (nSPS) is 14.7. The Labute approximate surface area is 178 Å². The van der Waals surface area contributed by atoms with E-state index in [0.717, 1.165) is 35.9 Å². The summed E-state index contributed by atoms with van der Waals surface area (Å²) >= 11 is 5.92. The number of nitro groups is 1. The van der Waals surface area contributed by atoms with E-state index in [-0.39, 0.29) is 10.6 Å². The number of anilines is 1. The van der Waals surface area contributed by atoms with E-state index in [1.165, 1.54) is 6.07 Å². The van der Waals surface area contributed by atoms with E-state index in [1.54, 1.807) is 19.2 Å². The van der Waals surface area contributed by atoms with Crippen LogP contribution in [-0.2, 0) is 6.54 Å². The molecule has 0 bridgehead atoms. The third kappa shape index (κ3) is 4.24. The molecule has 156 valence electrons. The zero-order chi connectivity index (χ0) is 21.1. The van der Waals surface area contributed by atoms with Crippen molar-refractivity contribution in [2.24, 2.45) is 0 Å². The monoisotopic (exact) mass is 428 g/mol. The molecule has 30 heavy (non-hydrogen) atoms. The molecule has 1 fully saturated rings. The Kier molecular flexibility index (Phi) is 5.87. The Morgan fingerprint density at radius 2 is 1.93 bits per heavy atom. The van der Waals surface area contributed by atoms with Crippen LogP contribution < -0.4 is 9.64 Å². The van der Waals surface area contributed by atoms with Crippen LogP contribution in [0, 0.1) is 10.1 Å². The van der Waals surface area contributed by atoms with Gasteiger partial charge in [0.25, 0.3) is 5.69 Å². The number of aromatic nitrogens is 1. The summed E-state index contributed by atoms with van der Waals surface area (Å²) in [5.74, 6) is 1.51. The Morgan fingerprint density at radius 3 is 2.67 bits per heavy atom. The summed E-state index contributed by atoms with van der Waals surface area (Å²) in [6.45, 7) is 3.49. The molecule has 0 saturated carbocycles. The van der Waals surface area contributed by atoms with Gasteiger partial charge in [-0.2, -0.15) is 0 Å². The minimum absolute atomic E-state index is 0.0348. The van der Waals surface area contributed by atoms with Gasteiger partial charge in [0.1, 0.15) is 17.1 Å². The quantitative estimate of drug-likeness (QED) is 0.429. The SMILES string of the molecule is COc1ccccc1-c1cc(CN2CCN(c3ccc(Cl)cc3[N+](=O)[O-])CC2)on1. The average Bonchev–Trinajstić information content (AvgIpc) is 3.22. The van der Waals surface area contributed by atoms with Crippen LogP contribution in [0.15, 0.2) is 53.1 Å². The van der Waals surface area contributed by atoms with Crippen LogP contribution in [0.4, 0.5) is 11.4 Å². The second kappa shape index (κ2) is 8.73. The Morgan fingerprint density at radius 1 is 1.17 bits per heavy atom. The molecular weight excluding hydrogens is 408 g/mol. The Bertz CT molecular complexity index is 1050. The average molecular weight is 429 g/mol. The third-order valence-corrected chi connectivity index (χ3v) is 5.40. The molecule has 1 aliphatic rings. The van der Waals surface area contributed by atoms with Crippen molar-refractivity contribution in [2.75, 3.05) is 38.2 Å². The van der Waals surface area contributed by atoms with Gasteiger partial charge in [0.15, 0.2) is 5.76 Å². The highest BCUT2D eigenvalue weighted by molar-refractivity contribution is 6.30. The Balaban J connectivity index is 1.41. The van der Waals surface area contributed by atoms with E-state index in [0.29, 0.717) is 30.3 Å². The van der Waals surface area contributed by atoms with Gasteiger partial charge >= 0.3 is 0 Å². The molecular formula is C21H21ClN4O4. The van der Waals surface area contributed by atoms with Gasteiger partial charge < -0.3 is 14.2 Å². The lowest BCUT2D eigenvalue weighted by Crippen LogP contribution is -2.46. The first kappa shape index (κ1) is 20.2. The first-order valence-corrected chi connectivity index (χ1v) is 9.93. The highest BCUT2D eigenvalue weighted by Crippen LogP contribution is 2.32. The number of hydrogen-bond acceptors (Lipinski definition) is 7. The van der Waals surface area contributed by atoms with Crippen LogP contribution in [0.25, 0.3) is 11.3 Å². The van der Waals surface area contributed by atoms with E-state index in [2.05, 4.69) is 10.1 Å². The number of ether oxygens (including phenoxy) is 1. The summed E-state index contributed by atoms with van der Waals surface area (Å²) < 4.78 is 10.9. The fraction of sp³-hybridized carbons (Fsp3) is 0.286. The van der Waals surface area contributed by atoms with E-state index < -0.39 is 0 Å². The standard InChI is InChI=1S/C21H21ClN4O4/c1-29-21-5-3-2-4-17(21)18-13-16(30-23-18)14-24-8-10-25(11-9-24)19-7-6-15(22)12-20(19)26(27)28/h2-7,12-13H,8-11,14H2,1H3. The molecule has 2 aromatic carbocycles. The van der Waals surface area contributed by atoms with E-state index >= 15 is 0 Å². The number of piperazine rings is 1. The molecule has 0 atom stereocenters. The van der Waals surface area contributed by atoms with Gasteiger partial charge in [0.05, 0.1) is 18.6 Å². The molecule has 8 nitrogen and oxygen atoms in total. The second-order valence-electron chi connectivity index (χ2n) is 7.03. The predicted molar refractivity (Wildman–Crippen MR) is 114 cm³/mol. The minimum atomic E-state index is -0.387. The van der Waals surface area contributed by atoms with Gasteiger partial charge in [-0.05, 0) is 24.3 Å². The molecule has 0 unspecified atom stereocenters. The Hall–Kier alpha value is -3.10. The van der Waals surface area contributed by atoms with Crippen LogP contribution in [0.2, 0.25) is 5.02 Å². The van der Waals surface area contributed by atoms with Crippen molar-refractivity contribution < 1.29 is 14.2 Å². The van der Waals surface area contributed by atoms with Gasteiger partial charge in [-0.25, -0.2) is 0 Å². The molecule has 0 N–H and O–H groups in total. The number of para-hydroxylation sites is 1. The summed E-state index contributed by atoms with van der Waals surface area (Å²) in [6.07, 6.45) is 0. The van der Waals surface area contributed by atoms with Gasteiger partial charge in [0.2, 0.25) is 0 Å². The molecule has 0 radical (unpaired) electrons. The first-order valence-electron chi connectivity index (χ1n) is 9.55. The van der Waals surface area contributed by atoms with Crippen molar-refractivity contribution in [1.29, 1.82) is 0 Å². The van der Waals surface area contributed by atoms with E-state index in [1.807, 2.05) is 35.2 Å². The maximum atomic E-state index is 11.4. The summed E-state index contributed by atoms with van der Waals surface area (Å²) in [4.78, 5) is 15.2. The van der Waals surface area contributed by atoms with Crippen LogP contribution in [0.3, 0.4) is 0 Å². The lowest BCUT2D eigenvalue weighted by Gasteiger charge is -2.35. The number of methoxy groups -OCH3 is 1. The maximum absolute atomic E-state index is 11.4. The molecule has 1 aromatic heterocycles. The van der Waals surface area contributed by atoms with Crippen LogP contribution in [0.5, 0.6) is 5.75 Å². The third-order valence-electron chi connectivity index (χ3n) is 5.17. The number of benzene rings is 2. The number of rotatable bonds is 6. The van der Waals surface area contributed by atoms with Gasteiger partial charge in [-0.1, -0.05) is 28.9 Å². The maximum Gasteiger partial charge on any atom is 0.294 e. The van der Waals surface area contributed by atoms with Crippen LogP contribution in [0.1, 0.15) is 5.76 Å². The first-order chi connectivity index (χ1) is 14.5. The van der Waals surface area contributed by atoms with Crippen molar-refractivity contribution in [3.8, 4) is 17.0 Å². The minimum Gasteiger partial charge on any atom is -0.496 e. The van der Waals surface area contributed by atoms with Crippen molar-refractivity contribution in [3.05, 3.63) is 69.4 Å². The molecule has 9 heteroatoms. The number of halogens is 1. The highest BCUT2D eigenvalue weighted by Gasteiger charge is 2.24. The second-order valence-corrected chi connectivity index (χ2v) is 7.47. The van der Waals surface area contributed by atoms with Crippen molar-refractivity contribution in [3.63, 3.8) is 0 Å². The highest BCUT2D eigenvalue weighted by atomic mass is 35.5. The predicted octanol–water partition coefficient (Wildman–Crippen LogP) is 4.23. The van der Waals surface area contributed by atoms with Gasteiger partial charge in [-0.3, -0.25) is 15.0 Å². The van der Waals surface area contributed by atoms with Crippen LogP contribution in [-0.4, -0.2) is 48.3 Å². The zero-order valence-corrected chi connectivity index (χ0v) is 17.2. The number of nitro benzene ring substituents is 1. The topological polar surface area (TPSA) is 84.9 Å². The lowest BCUT2D eigenvalue weighted by molar-refractivity contribution is -0.384. The lowest BCUT2D eigenvalue weighted by atomic mass is 10.1. The summed E-state index contributed by atoms with van der Waals surface area (Å²) in [5, 5.41) is 15.9. The molecule has 0 spiro atoms. The van der Waals surface area contributed by atoms with Gasteiger partial charge in [-0.15, -0.1) is 0 Å². The van der Waals surface area contributed by atoms with E-state index in [4.69, 9.17) is 20.9 Å². The van der Waals surface area contributed by atoms with Gasteiger partial charge in [0, 0.05) is 48.9 Å². The van der Waals surface area contributed by atoms with Crippen molar-refractivity contribution >= 4 is 23.0 Å². The summed E-state index contributed by atoms with van der Waals surface area (Å²) in [6, 6.07) is 14.4. The number of nitrogens with zero attached hydrogens (tertiary/aromatic N) is 4. The van der Waals surface area contributed by atoms with Crippen molar-refractivity contribution in [1.82, 2.24) is 10.1 Å². The smallest absolute Gasteiger partial charge is 0.294 e. The summed E-state index contributed by atoms with van der Waals surface area (Å²) in [7, 11) is 1.63. The molecule has 3 aromatic rings. The molecule has 1 saturated heterocycles. The largest absolute Gasteiger partial charge is 0.496 e. The van der Waals surface area contributed by atoms with Crippen molar-refractivity contribution in [2.45, 2.75) is 6.54 Å². The molecule has 4 rings (SSSR count). The summed E-state index contributed by atoms with van der Waals surface area (Å²) in [5.41, 5.74) is 2.25. The van der Waals surface area contributed by atoms with E-state index in [9.17, 15) is 10.1 Å². The molecule has 0 amide bonds. The zero-order valence-electron chi connectivity index (χ0n) is 16.5. The molecule has 2 heterocycles. The van der Waals surface area contributed by atoms with Crippen LogP contribution >= 0.6 is 11.6 Å². The fourth-order valence-corrected chi connectivity index (χ4v) is 3.81. The molecule has 0 aliphatic carbocycles. The fourth-order valence-electron chi connectivity index (χ4n) is 3.65. The number of hydrogen-bond donors (Lipinski definition) is 0. The molecule has 1 aliphatic heterocycles.